The standard InChI is InChI=1S/C22H20N2O2S/c25-21(23-14-18-10-6-12-27-18)20(13-16-7-2-1-3-8-16)24-15-17-9-4-5-11-19(17)22(24)26/h1-12,20H,13-15H2,(H,23,25)/t20-/m0/s1. The van der Waals surface area contributed by atoms with E-state index in [1.165, 1.54) is 0 Å². The van der Waals surface area contributed by atoms with Crippen molar-refractivity contribution in [1.29, 1.82) is 0 Å². The van der Waals surface area contributed by atoms with Crippen LogP contribution >= 0.6 is 11.3 Å². The van der Waals surface area contributed by atoms with E-state index >= 15 is 0 Å². The van der Waals surface area contributed by atoms with E-state index in [4.69, 9.17) is 0 Å². The number of fused-ring (bicyclic) bond motifs is 1. The highest BCUT2D eigenvalue weighted by atomic mass is 32.1. The van der Waals surface area contributed by atoms with Gasteiger partial charge < -0.3 is 10.2 Å². The summed E-state index contributed by atoms with van der Waals surface area (Å²) < 4.78 is 0. The van der Waals surface area contributed by atoms with Crippen LogP contribution in [-0.4, -0.2) is 22.8 Å². The molecular formula is C22H20N2O2S. The molecule has 1 aliphatic heterocycles. The fourth-order valence-corrected chi connectivity index (χ4v) is 4.06. The Balaban J connectivity index is 1.56. The smallest absolute Gasteiger partial charge is 0.255 e. The second kappa shape index (κ2) is 7.76. The Bertz CT molecular complexity index is 938. The first kappa shape index (κ1) is 17.5. The fraction of sp³-hybridized carbons (Fsp3) is 0.182. The van der Waals surface area contributed by atoms with Gasteiger partial charge in [0, 0.05) is 23.4 Å². The summed E-state index contributed by atoms with van der Waals surface area (Å²) in [4.78, 5) is 28.7. The first-order valence-corrected chi connectivity index (χ1v) is 9.83. The van der Waals surface area contributed by atoms with Crippen LogP contribution in [0.15, 0.2) is 72.1 Å². The quantitative estimate of drug-likeness (QED) is 0.714. The van der Waals surface area contributed by atoms with Gasteiger partial charge in [-0.2, -0.15) is 0 Å². The van der Waals surface area contributed by atoms with Crippen LogP contribution in [0.2, 0.25) is 0 Å². The van der Waals surface area contributed by atoms with Gasteiger partial charge in [0.25, 0.3) is 5.91 Å². The normalized spacial score (nSPS) is 14.1. The molecule has 1 N–H and O–H groups in total. The highest BCUT2D eigenvalue weighted by molar-refractivity contribution is 7.09. The number of amides is 2. The third-order valence-electron chi connectivity index (χ3n) is 4.82. The molecule has 0 unspecified atom stereocenters. The Hall–Kier alpha value is -2.92. The molecule has 2 amide bonds. The minimum Gasteiger partial charge on any atom is -0.349 e. The maximum atomic E-state index is 13.0. The highest BCUT2D eigenvalue weighted by Crippen LogP contribution is 2.26. The summed E-state index contributed by atoms with van der Waals surface area (Å²) in [6.45, 7) is 0.954. The molecule has 1 atom stereocenters. The average molecular weight is 376 g/mol. The molecule has 4 nitrogen and oxygen atoms in total. The van der Waals surface area contributed by atoms with E-state index in [-0.39, 0.29) is 11.8 Å². The highest BCUT2D eigenvalue weighted by Gasteiger charge is 2.36. The summed E-state index contributed by atoms with van der Waals surface area (Å²) in [5.74, 6) is -0.189. The number of hydrogen-bond donors (Lipinski definition) is 1. The van der Waals surface area contributed by atoms with Crippen molar-refractivity contribution in [1.82, 2.24) is 10.2 Å². The fourth-order valence-electron chi connectivity index (χ4n) is 3.42. The number of benzene rings is 2. The van der Waals surface area contributed by atoms with Gasteiger partial charge in [-0.1, -0.05) is 54.6 Å². The van der Waals surface area contributed by atoms with E-state index in [0.29, 0.717) is 25.1 Å². The van der Waals surface area contributed by atoms with Gasteiger partial charge in [-0.3, -0.25) is 9.59 Å². The van der Waals surface area contributed by atoms with E-state index in [9.17, 15) is 9.59 Å². The molecule has 1 aromatic heterocycles. The molecule has 1 aliphatic rings. The van der Waals surface area contributed by atoms with Crippen LogP contribution in [0, 0.1) is 0 Å². The summed E-state index contributed by atoms with van der Waals surface area (Å²) in [6.07, 6.45) is 0.497. The van der Waals surface area contributed by atoms with Crippen molar-refractivity contribution in [3.8, 4) is 0 Å². The van der Waals surface area contributed by atoms with Gasteiger partial charge in [-0.05, 0) is 28.6 Å². The van der Waals surface area contributed by atoms with E-state index in [2.05, 4.69) is 5.32 Å². The zero-order chi connectivity index (χ0) is 18.6. The zero-order valence-corrected chi connectivity index (χ0v) is 15.6. The van der Waals surface area contributed by atoms with Crippen molar-refractivity contribution in [2.75, 3.05) is 0 Å². The summed E-state index contributed by atoms with van der Waals surface area (Å²) in [5, 5.41) is 5.00. The molecule has 0 radical (unpaired) electrons. The maximum Gasteiger partial charge on any atom is 0.255 e. The number of nitrogens with one attached hydrogen (secondary N) is 1. The maximum absolute atomic E-state index is 13.0. The first-order chi connectivity index (χ1) is 13.2. The van der Waals surface area contributed by atoms with E-state index in [0.717, 1.165) is 16.0 Å². The van der Waals surface area contributed by atoms with Crippen LogP contribution in [0.5, 0.6) is 0 Å². The zero-order valence-electron chi connectivity index (χ0n) is 14.8. The molecular weight excluding hydrogens is 356 g/mol. The van der Waals surface area contributed by atoms with Gasteiger partial charge in [-0.25, -0.2) is 0 Å². The predicted octanol–water partition coefficient (Wildman–Crippen LogP) is 3.63. The molecule has 0 bridgehead atoms. The third-order valence-corrected chi connectivity index (χ3v) is 5.69. The molecule has 2 heterocycles. The monoisotopic (exact) mass is 376 g/mol. The van der Waals surface area contributed by atoms with Gasteiger partial charge in [-0.15, -0.1) is 11.3 Å². The van der Waals surface area contributed by atoms with Crippen molar-refractivity contribution in [3.63, 3.8) is 0 Å². The van der Waals surface area contributed by atoms with Gasteiger partial charge in [0.15, 0.2) is 0 Å². The van der Waals surface area contributed by atoms with Gasteiger partial charge in [0.1, 0.15) is 6.04 Å². The summed E-state index contributed by atoms with van der Waals surface area (Å²) in [7, 11) is 0. The Labute approximate surface area is 162 Å². The second-order valence-electron chi connectivity index (χ2n) is 6.59. The second-order valence-corrected chi connectivity index (χ2v) is 7.63. The Morgan fingerprint density at radius 2 is 1.81 bits per heavy atom. The van der Waals surface area contributed by atoms with Crippen LogP contribution in [-0.2, 0) is 24.3 Å². The number of thiophene rings is 1. The Morgan fingerprint density at radius 1 is 1.04 bits per heavy atom. The lowest BCUT2D eigenvalue weighted by atomic mass is 10.0. The predicted molar refractivity (Wildman–Crippen MR) is 106 cm³/mol. The molecule has 3 aromatic rings. The van der Waals surface area contributed by atoms with Crippen molar-refractivity contribution < 1.29 is 9.59 Å². The first-order valence-electron chi connectivity index (χ1n) is 8.95. The molecule has 0 aliphatic carbocycles. The molecule has 0 spiro atoms. The molecule has 2 aromatic carbocycles. The average Bonchev–Trinajstić information content (AvgIpc) is 3.33. The van der Waals surface area contributed by atoms with Crippen molar-refractivity contribution >= 4 is 23.2 Å². The summed E-state index contributed by atoms with van der Waals surface area (Å²) in [5.41, 5.74) is 2.71. The lowest BCUT2D eigenvalue weighted by Crippen LogP contribution is -2.48. The van der Waals surface area contributed by atoms with E-state index in [1.807, 2.05) is 72.1 Å². The number of hydrogen-bond acceptors (Lipinski definition) is 3. The number of carbonyl (C=O) groups excluding carboxylic acids is 2. The van der Waals surface area contributed by atoms with Gasteiger partial charge in [0.05, 0.1) is 6.54 Å². The summed E-state index contributed by atoms with van der Waals surface area (Å²) >= 11 is 1.61. The van der Waals surface area contributed by atoms with Crippen LogP contribution in [0.3, 0.4) is 0 Å². The molecule has 136 valence electrons. The van der Waals surface area contributed by atoms with Crippen LogP contribution in [0.25, 0.3) is 0 Å². The van der Waals surface area contributed by atoms with Crippen LogP contribution in [0.4, 0.5) is 0 Å². The molecule has 0 saturated heterocycles. The molecule has 5 heteroatoms. The molecule has 4 rings (SSSR count). The minimum absolute atomic E-state index is 0.0715. The SMILES string of the molecule is O=C(NCc1cccs1)[C@H](Cc1ccccc1)N1Cc2ccccc2C1=O. The minimum atomic E-state index is -0.535. The largest absolute Gasteiger partial charge is 0.349 e. The number of carbonyl (C=O) groups is 2. The molecule has 0 fully saturated rings. The van der Waals surface area contributed by atoms with E-state index in [1.54, 1.807) is 16.2 Å². The number of rotatable bonds is 6. The molecule has 27 heavy (non-hydrogen) atoms. The topological polar surface area (TPSA) is 49.4 Å². The Kier molecular flexibility index (Phi) is 5.03. The Morgan fingerprint density at radius 3 is 2.56 bits per heavy atom. The summed E-state index contributed by atoms with van der Waals surface area (Å²) in [6, 6.07) is 20.9. The third kappa shape index (κ3) is 3.78. The van der Waals surface area contributed by atoms with Crippen molar-refractivity contribution in [2.24, 2.45) is 0 Å². The van der Waals surface area contributed by atoms with Crippen molar-refractivity contribution in [3.05, 3.63) is 93.7 Å². The van der Waals surface area contributed by atoms with Crippen LogP contribution in [0.1, 0.15) is 26.4 Å². The number of nitrogens with zero attached hydrogens (tertiary/aromatic N) is 1. The molecule has 0 saturated carbocycles. The van der Waals surface area contributed by atoms with Gasteiger partial charge >= 0.3 is 0 Å². The lowest BCUT2D eigenvalue weighted by molar-refractivity contribution is -0.125. The van der Waals surface area contributed by atoms with Crippen LogP contribution < -0.4 is 5.32 Å². The van der Waals surface area contributed by atoms with E-state index < -0.39 is 6.04 Å². The van der Waals surface area contributed by atoms with Gasteiger partial charge in [0.2, 0.25) is 5.91 Å². The lowest BCUT2D eigenvalue weighted by Gasteiger charge is -2.27. The van der Waals surface area contributed by atoms with Crippen molar-refractivity contribution in [2.45, 2.75) is 25.6 Å².